The molecule has 0 bridgehead atoms. The fraction of sp³-hybridized carbons (Fsp3) is 0.400. The smallest absolute Gasteiger partial charge is 0.272 e. The number of nitrogens with zero attached hydrogens (tertiary/aromatic N) is 2. The van der Waals surface area contributed by atoms with Gasteiger partial charge in [0.25, 0.3) is 5.56 Å². The minimum Gasteiger partial charge on any atom is -0.325 e. The number of fused-ring (bicyclic) bond motifs is 1. The van der Waals surface area contributed by atoms with Gasteiger partial charge in [-0.15, -0.1) is 12.4 Å². The summed E-state index contributed by atoms with van der Waals surface area (Å²) in [6, 6.07) is 12.7. The third-order valence-electron chi connectivity index (χ3n) is 6.04. The Bertz CT molecular complexity index is 1140. The predicted octanol–water partition coefficient (Wildman–Crippen LogP) is 5.65. The number of carbonyl (C=O) groups excluding carboxylic acids is 1. The second-order valence-corrected chi connectivity index (χ2v) is 8.81. The van der Waals surface area contributed by atoms with Crippen molar-refractivity contribution in [2.24, 2.45) is 0 Å². The van der Waals surface area contributed by atoms with Crippen molar-refractivity contribution in [2.45, 2.75) is 44.9 Å². The van der Waals surface area contributed by atoms with Crippen LogP contribution >= 0.6 is 24.0 Å². The Kier molecular flexibility index (Phi) is 9.30. The zero-order chi connectivity index (χ0) is 22.3. The number of benzene rings is 2. The number of likely N-dealkylation sites (tertiary alicyclic amines) is 1. The molecule has 0 unspecified atom stereocenters. The topological polar surface area (TPSA) is 78.1 Å². The lowest BCUT2D eigenvalue weighted by atomic mass is 10.0. The number of rotatable bonds is 7. The van der Waals surface area contributed by atoms with E-state index in [-0.39, 0.29) is 23.9 Å². The van der Waals surface area contributed by atoms with Gasteiger partial charge in [0.1, 0.15) is 0 Å². The Balaban J connectivity index is 0.00000306. The number of carbonyl (C=O) groups is 1. The highest BCUT2D eigenvalue weighted by molar-refractivity contribution is 6.33. The Hall–Kier alpha value is -2.41. The number of nitrogens with one attached hydrogen (secondary N) is 2. The summed E-state index contributed by atoms with van der Waals surface area (Å²) in [5.41, 5.74) is 1.74. The molecule has 0 atom stereocenters. The van der Waals surface area contributed by atoms with Crippen LogP contribution in [0, 0.1) is 0 Å². The predicted molar refractivity (Wildman–Crippen MR) is 137 cm³/mol. The molecule has 0 saturated carbocycles. The summed E-state index contributed by atoms with van der Waals surface area (Å²) in [6.45, 7) is 3.43. The van der Waals surface area contributed by atoms with Crippen molar-refractivity contribution in [2.75, 3.05) is 25.0 Å². The molecule has 1 fully saturated rings. The van der Waals surface area contributed by atoms with Crippen molar-refractivity contribution in [3.8, 4) is 11.3 Å². The zero-order valence-electron chi connectivity index (χ0n) is 18.6. The van der Waals surface area contributed by atoms with Gasteiger partial charge in [0.15, 0.2) is 0 Å². The van der Waals surface area contributed by atoms with Gasteiger partial charge < -0.3 is 10.2 Å². The highest BCUT2D eigenvalue weighted by Gasteiger charge is 2.13. The van der Waals surface area contributed by atoms with Gasteiger partial charge in [0.05, 0.1) is 21.8 Å². The number of amides is 1. The standard InChI is InChI=1S/C25H29ClN4O2.ClH/c26-21-13-12-18(24-19-9-3-4-10-20(19)25(32)29-28-24)17-22(21)27-23(31)11-5-8-16-30-14-6-1-2-7-15-30;/h3-4,9-10,12-13,17H,1-2,5-8,11,14-16H2,(H,27,31)(H,29,32);1H. The largest absolute Gasteiger partial charge is 0.325 e. The summed E-state index contributed by atoms with van der Waals surface area (Å²) in [6.07, 6.45) is 7.59. The van der Waals surface area contributed by atoms with Crippen molar-refractivity contribution in [3.63, 3.8) is 0 Å². The lowest BCUT2D eigenvalue weighted by molar-refractivity contribution is -0.116. The molecule has 0 spiro atoms. The minimum atomic E-state index is -0.230. The molecule has 4 rings (SSSR count). The number of aromatic amines is 1. The van der Waals surface area contributed by atoms with E-state index in [4.69, 9.17) is 11.6 Å². The lowest BCUT2D eigenvalue weighted by Gasteiger charge is -2.19. The first kappa shape index (κ1) is 25.2. The quantitative estimate of drug-likeness (QED) is 0.421. The van der Waals surface area contributed by atoms with E-state index in [1.54, 1.807) is 12.1 Å². The molecule has 33 heavy (non-hydrogen) atoms. The van der Waals surface area contributed by atoms with Crippen LogP contribution in [0.2, 0.25) is 5.02 Å². The van der Waals surface area contributed by atoms with E-state index in [0.29, 0.717) is 28.2 Å². The van der Waals surface area contributed by atoms with E-state index in [2.05, 4.69) is 20.4 Å². The van der Waals surface area contributed by atoms with Crippen LogP contribution in [0.1, 0.15) is 44.9 Å². The highest BCUT2D eigenvalue weighted by atomic mass is 35.5. The van der Waals surface area contributed by atoms with Crippen LogP contribution in [0.5, 0.6) is 0 Å². The monoisotopic (exact) mass is 488 g/mol. The highest BCUT2D eigenvalue weighted by Crippen LogP contribution is 2.30. The van der Waals surface area contributed by atoms with Crippen LogP contribution < -0.4 is 10.9 Å². The molecule has 6 nitrogen and oxygen atoms in total. The fourth-order valence-corrected chi connectivity index (χ4v) is 4.46. The van der Waals surface area contributed by atoms with Gasteiger partial charge in [0, 0.05) is 17.4 Å². The molecule has 176 valence electrons. The molecule has 1 aromatic heterocycles. The first-order chi connectivity index (χ1) is 15.6. The normalized spacial score (nSPS) is 14.5. The Morgan fingerprint density at radius 2 is 1.76 bits per heavy atom. The SMILES string of the molecule is Cl.O=C(CCCCN1CCCCCC1)Nc1cc(-c2n[nH]c(=O)c3ccccc23)ccc1Cl. The van der Waals surface area contributed by atoms with Gasteiger partial charge >= 0.3 is 0 Å². The number of hydrogen-bond donors (Lipinski definition) is 2. The number of hydrogen-bond acceptors (Lipinski definition) is 4. The van der Waals surface area contributed by atoms with Gasteiger partial charge in [-0.2, -0.15) is 5.10 Å². The van der Waals surface area contributed by atoms with Crippen molar-refractivity contribution in [1.82, 2.24) is 15.1 Å². The average molecular weight is 489 g/mol. The summed E-state index contributed by atoms with van der Waals surface area (Å²) < 4.78 is 0. The molecule has 1 amide bonds. The van der Waals surface area contributed by atoms with E-state index >= 15 is 0 Å². The Morgan fingerprint density at radius 1 is 1.03 bits per heavy atom. The summed E-state index contributed by atoms with van der Waals surface area (Å²) in [5.74, 6) is -0.0424. The maximum atomic E-state index is 12.5. The molecule has 2 aromatic carbocycles. The number of anilines is 1. The first-order valence-electron chi connectivity index (χ1n) is 11.4. The van der Waals surface area contributed by atoms with E-state index in [1.807, 2.05) is 30.3 Å². The zero-order valence-corrected chi connectivity index (χ0v) is 20.2. The Labute approximate surface area is 205 Å². The summed E-state index contributed by atoms with van der Waals surface area (Å²) >= 11 is 6.35. The second kappa shape index (κ2) is 12.2. The number of unbranched alkanes of at least 4 members (excludes halogenated alkanes) is 1. The van der Waals surface area contributed by atoms with Crippen molar-refractivity contribution < 1.29 is 4.79 Å². The molecule has 1 aliphatic rings. The maximum absolute atomic E-state index is 12.5. The van der Waals surface area contributed by atoms with Gasteiger partial charge in [-0.05, 0) is 63.5 Å². The van der Waals surface area contributed by atoms with Gasteiger partial charge in [0.2, 0.25) is 5.91 Å². The molecule has 8 heteroatoms. The minimum absolute atomic E-state index is 0. The van der Waals surface area contributed by atoms with Gasteiger partial charge in [-0.1, -0.05) is 48.7 Å². The summed E-state index contributed by atoms with van der Waals surface area (Å²) in [5, 5.41) is 11.5. The van der Waals surface area contributed by atoms with Crippen LogP contribution in [0.3, 0.4) is 0 Å². The number of halogens is 2. The first-order valence-corrected chi connectivity index (χ1v) is 11.8. The second-order valence-electron chi connectivity index (χ2n) is 8.40. The summed E-state index contributed by atoms with van der Waals surface area (Å²) in [7, 11) is 0. The molecule has 0 radical (unpaired) electrons. The third-order valence-corrected chi connectivity index (χ3v) is 6.37. The van der Waals surface area contributed by atoms with Crippen molar-refractivity contribution >= 4 is 46.4 Å². The average Bonchev–Trinajstić information content (AvgIpc) is 3.08. The van der Waals surface area contributed by atoms with Crippen LogP contribution in [0.4, 0.5) is 5.69 Å². The van der Waals surface area contributed by atoms with Crippen molar-refractivity contribution in [3.05, 3.63) is 57.8 Å². The third kappa shape index (κ3) is 6.56. The molecular formula is C25H30Cl2N4O2. The van der Waals surface area contributed by atoms with E-state index in [0.717, 1.165) is 30.3 Å². The maximum Gasteiger partial charge on any atom is 0.272 e. The molecule has 3 aromatic rings. The molecule has 1 aliphatic heterocycles. The van der Waals surface area contributed by atoms with Crippen molar-refractivity contribution in [1.29, 1.82) is 0 Å². The van der Waals surface area contributed by atoms with Crippen LogP contribution in [0.15, 0.2) is 47.3 Å². The van der Waals surface area contributed by atoms with Crippen LogP contribution in [-0.2, 0) is 4.79 Å². The van der Waals surface area contributed by atoms with Gasteiger partial charge in [-0.25, -0.2) is 5.10 Å². The van der Waals surface area contributed by atoms with Crippen LogP contribution in [-0.4, -0.2) is 40.6 Å². The fourth-order valence-electron chi connectivity index (χ4n) is 4.30. The van der Waals surface area contributed by atoms with Gasteiger partial charge in [-0.3, -0.25) is 9.59 Å². The summed E-state index contributed by atoms with van der Waals surface area (Å²) in [4.78, 5) is 27.1. The van der Waals surface area contributed by atoms with E-state index in [9.17, 15) is 9.59 Å². The van der Waals surface area contributed by atoms with Crippen LogP contribution in [0.25, 0.3) is 22.0 Å². The van der Waals surface area contributed by atoms with E-state index in [1.165, 1.54) is 38.8 Å². The lowest BCUT2D eigenvalue weighted by Crippen LogP contribution is -2.25. The number of H-pyrrole nitrogens is 1. The number of aromatic nitrogens is 2. The molecule has 2 heterocycles. The molecule has 1 saturated heterocycles. The Morgan fingerprint density at radius 3 is 2.52 bits per heavy atom. The molecular weight excluding hydrogens is 459 g/mol. The molecule has 2 N–H and O–H groups in total. The van der Waals surface area contributed by atoms with E-state index < -0.39 is 0 Å². The molecule has 0 aliphatic carbocycles.